The van der Waals surface area contributed by atoms with Crippen LogP contribution in [0.2, 0.25) is 0 Å². The highest BCUT2D eigenvalue weighted by Gasteiger charge is 2.50. The minimum atomic E-state index is -0.705. The molecule has 0 saturated carbocycles. The molecule has 4 unspecified atom stereocenters. The van der Waals surface area contributed by atoms with Gasteiger partial charge in [-0.25, -0.2) is 9.59 Å². The average molecular weight is 823 g/mol. The van der Waals surface area contributed by atoms with Crippen LogP contribution in [0.4, 0.5) is 0 Å². The fourth-order valence-corrected chi connectivity index (χ4v) is 10.4. The summed E-state index contributed by atoms with van der Waals surface area (Å²) < 4.78 is 67.0. The van der Waals surface area contributed by atoms with Gasteiger partial charge < -0.3 is 52.1 Å². The SMILES string of the molecule is COc1ccc2c(c1OC)C(=O)OC2C1c2c(c(Cc3c4c(c(OC)c5c3OCO5)C(C3OC(=O)c5c3ccc(C)c5OC)N(C)CC4)c3c(c2OC)OCO3)CCN1C. The second-order valence-electron chi connectivity index (χ2n) is 15.8. The number of nitrogens with zero attached hydrogens (tertiary/aromatic N) is 2. The Bertz CT molecular complexity index is 2500. The summed E-state index contributed by atoms with van der Waals surface area (Å²) in [5.41, 5.74) is 8.62. The van der Waals surface area contributed by atoms with Crippen LogP contribution in [0.3, 0.4) is 0 Å². The normalized spacial score (nSPS) is 22.1. The van der Waals surface area contributed by atoms with E-state index < -0.39 is 36.2 Å². The Morgan fingerprint density at radius 3 is 1.50 bits per heavy atom. The van der Waals surface area contributed by atoms with Gasteiger partial charge in [-0.05, 0) is 56.6 Å². The summed E-state index contributed by atoms with van der Waals surface area (Å²) >= 11 is 0. The van der Waals surface area contributed by atoms with E-state index in [2.05, 4.69) is 9.80 Å². The van der Waals surface area contributed by atoms with Crippen molar-refractivity contribution >= 4 is 11.9 Å². The number of carbonyl (C=O) groups excluding carboxylic acids is 2. The first kappa shape index (κ1) is 38.2. The molecule has 0 N–H and O–H groups in total. The van der Waals surface area contributed by atoms with E-state index >= 15 is 0 Å². The number of cyclic esters (lactones) is 2. The standard InChI is InChI=1S/C45H46N2O13/c1-20-9-10-23-30(34(20)51-5)44(48)59-35(23)32-28-21(13-15-46(32)2)25(37-42(40(28)53-7)57-18-55-37)17-26-22-14-16-47(3)33(29(22)41(54-8)43-38(26)56-19-58-43)36-24-11-12-27(50-4)39(52-6)31(24)45(49)60-36/h9-12,32-33,35-36H,13-19H2,1-8H3. The molecule has 15 nitrogen and oxygen atoms in total. The van der Waals surface area contributed by atoms with Gasteiger partial charge in [0.2, 0.25) is 25.1 Å². The number of ether oxygens (including phenoxy) is 11. The van der Waals surface area contributed by atoms with Crippen molar-refractivity contribution in [3.63, 3.8) is 0 Å². The Hall–Kier alpha value is -6.06. The summed E-state index contributed by atoms with van der Waals surface area (Å²) in [6, 6.07) is 6.67. The molecule has 60 heavy (non-hydrogen) atoms. The molecule has 4 atom stereocenters. The molecular weight excluding hydrogens is 776 g/mol. The van der Waals surface area contributed by atoms with Crippen molar-refractivity contribution in [3.8, 4) is 51.7 Å². The van der Waals surface area contributed by atoms with Gasteiger partial charge >= 0.3 is 11.9 Å². The van der Waals surface area contributed by atoms with Gasteiger partial charge in [0, 0.05) is 52.9 Å². The molecule has 0 radical (unpaired) electrons. The van der Waals surface area contributed by atoms with Crippen LogP contribution in [-0.4, -0.2) is 98.1 Å². The van der Waals surface area contributed by atoms with Crippen LogP contribution in [0.5, 0.6) is 51.7 Å². The molecule has 0 bridgehead atoms. The quantitative estimate of drug-likeness (QED) is 0.183. The number of carbonyl (C=O) groups is 2. The van der Waals surface area contributed by atoms with Gasteiger partial charge in [-0.15, -0.1) is 0 Å². The molecule has 0 spiro atoms. The molecular formula is C45H46N2O13. The first-order valence-electron chi connectivity index (χ1n) is 19.9. The van der Waals surface area contributed by atoms with Crippen LogP contribution in [0.25, 0.3) is 0 Å². The van der Waals surface area contributed by atoms with E-state index in [9.17, 15) is 9.59 Å². The molecule has 15 heteroatoms. The number of hydrogen-bond acceptors (Lipinski definition) is 15. The van der Waals surface area contributed by atoms with E-state index in [4.69, 9.17) is 52.1 Å². The van der Waals surface area contributed by atoms with Gasteiger partial charge in [-0.3, -0.25) is 9.80 Å². The second kappa shape index (κ2) is 14.3. The van der Waals surface area contributed by atoms with Crippen molar-refractivity contribution in [3.05, 3.63) is 85.5 Å². The van der Waals surface area contributed by atoms with Gasteiger partial charge in [0.05, 0.1) is 47.6 Å². The zero-order chi connectivity index (χ0) is 41.7. The molecule has 4 aromatic rings. The molecule has 6 heterocycles. The van der Waals surface area contributed by atoms with Gasteiger partial charge in [-0.2, -0.15) is 0 Å². The highest BCUT2D eigenvalue weighted by molar-refractivity contribution is 5.99. The lowest BCUT2D eigenvalue weighted by atomic mass is 9.79. The predicted octanol–water partition coefficient (Wildman–Crippen LogP) is 5.97. The molecule has 0 aliphatic carbocycles. The van der Waals surface area contributed by atoms with Crippen molar-refractivity contribution < 1.29 is 61.7 Å². The summed E-state index contributed by atoms with van der Waals surface area (Å²) in [6.07, 6.45) is 0.310. The minimum Gasteiger partial charge on any atom is -0.496 e. The Labute approximate surface area is 346 Å². The van der Waals surface area contributed by atoms with Crippen molar-refractivity contribution in [2.75, 3.05) is 76.3 Å². The van der Waals surface area contributed by atoms with Crippen LogP contribution >= 0.6 is 0 Å². The van der Waals surface area contributed by atoms with Gasteiger partial charge in [-0.1, -0.05) is 18.2 Å². The summed E-state index contributed by atoms with van der Waals surface area (Å²) in [4.78, 5) is 31.7. The van der Waals surface area contributed by atoms with Crippen LogP contribution in [0.1, 0.15) is 95.1 Å². The lowest BCUT2D eigenvalue weighted by molar-refractivity contribution is 0.00808. The van der Waals surface area contributed by atoms with E-state index in [1.165, 1.54) is 14.2 Å². The topological polar surface area (TPSA) is 142 Å². The van der Waals surface area contributed by atoms with Crippen LogP contribution in [0.15, 0.2) is 24.3 Å². The summed E-state index contributed by atoms with van der Waals surface area (Å²) in [5.74, 6) is 3.58. The summed E-state index contributed by atoms with van der Waals surface area (Å²) in [5, 5.41) is 0. The average Bonchev–Trinajstić information content (AvgIpc) is 4.07. The molecule has 0 saturated heterocycles. The molecule has 4 aromatic carbocycles. The molecule has 0 fully saturated rings. The Morgan fingerprint density at radius 1 is 0.583 bits per heavy atom. The van der Waals surface area contributed by atoms with E-state index in [-0.39, 0.29) is 13.6 Å². The number of hydrogen-bond donors (Lipinski definition) is 0. The molecule has 6 aliphatic rings. The van der Waals surface area contributed by atoms with Crippen molar-refractivity contribution in [1.82, 2.24) is 9.80 Å². The van der Waals surface area contributed by atoms with E-state index in [1.807, 2.05) is 39.2 Å². The second-order valence-corrected chi connectivity index (χ2v) is 15.8. The zero-order valence-corrected chi connectivity index (χ0v) is 34.8. The Morgan fingerprint density at radius 2 is 1.03 bits per heavy atom. The third kappa shape index (κ3) is 5.27. The van der Waals surface area contributed by atoms with Crippen LogP contribution < -0.4 is 42.6 Å². The fourth-order valence-electron chi connectivity index (χ4n) is 10.4. The third-order valence-corrected chi connectivity index (χ3v) is 13.0. The van der Waals surface area contributed by atoms with Gasteiger partial charge in [0.1, 0.15) is 29.1 Å². The Kier molecular flexibility index (Phi) is 9.09. The maximum atomic E-state index is 13.7. The first-order valence-corrected chi connectivity index (χ1v) is 19.9. The number of methoxy groups -OCH3 is 5. The summed E-state index contributed by atoms with van der Waals surface area (Å²) in [7, 11) is 11.9. The molecule has 314 valence electrons. The molecule has 0 aromatic heterocycles. The number of fused-ring (bicyclic) bond motifs is 6. The maximum absolute atomic E-state index is 13.7. The van der Waals surface area contributed by atoms with Crippen molar-refractivity contribution in [2.24, 2.45) is 0 Å². The van der Waals surface area contributed by atoms with E-state index in [0.717, 1.165) is 44.5 Å². The molecule has 0 amide bonds. The molecule has 10 rings (SSSR count). The monoisotopic (exact) mass is 822 g/mol. The molecule has 6 aliphatic heterocycles. The van der Waals surface area contributed by atoms with Gasteiger partial charge in [0.15, 0.2) is 34.5 Å². The van der Waals surface area contributed by atoms with Crippen molar-refractivity contribution in [1.29, 1.82) is 0 Å². The highest BCUT2D eigenvalue weighted by Crippen LogP contribution is 2.60. The zero-order valence-electron chi connectivity index (χ0n) is 34.8. The largest absolute Gasteiger partial charge is 0.496 e. The minimum absolute atomic E-state index is 0.00103. The van der Waals surface area contributed by atoms with E-state index in [1.54, 1.807) is 27.4 Å². The third-order valence-electron chi connectivity index (χ3n) is 13.0. The van der Waals surface area contributed by atoms with Crippen molar-refractivity contribution in [2.45, 2.75) is 50.5 Å². The van der Waals surface area contributed by atoms with Crippen LogP contribution in [-0.2, 0) is 28.7 Å². The first-order chi connectivity index (χ1) is 29.1. The number of rotatable bonds is 9. The number of benzene rings is 4. The number of esters is 2. The smallest absolute Gasteiger partial charge is 0.343 e. The summed E-state index contributed by atoms with van der Waals surface area (Å²) in [6.45, 7) is 3.22. The number of likely N-dealkylation sites (N-methyl/N-ethyl adjacent to an activating group) is 2. The maximum Gasteiger partial charge on any atom is 0.343 e. The highest BCUT2D eigenvalue weighted by atomic mass is 16.7. The number of aryl methyl sites for hydroxylation is 1. The van der Waals surface area contributed by atoms with Crippen LogP contribution in [0, 0.1) is 6.92 Å². The Balaban J connectivity index is 1.16. The lowest BCUT2D eigenvalue weighted by Gasteiger charge is -2.40. The predicted molar refractivity (Wildman–Crippen MR) is 213 cm³/mol. The van der Waals surface area contributed by atoms with E-state index in [0.29, 0.717) is 101 Å². The van der Waals surface area contributed by atoms with Gasteiger partial charge in [0.25, 0.3) is 0 Å². The fraction of sp³-hybridized carbons (Fsp3) is 0.422. The lowest BCUT2D eigenvalue weighted by Crippen LogP contribution is -2.37.